The average molecular weight is 341 g/mol. The number of rotatable bonds is 2. The lowest BCUT2D eigenvalue weighted by Crippen LogP contribution is -1.98. The molecule has 0 aliphatic carbocycles. The fourth-order valence-corrected chi connectivity index (χ4v) is 3.68. The van der Waals surface area contributed by atoms with E-state index in [1.807, 2.05) is 42.5 Å². The SMILES string of the molecule is COc1ccc(/C=c2/c3ccccc3n3c2cc2ccc(F)cc23)cc1. The van der Waals surface area contributed by atoms with Gasteiger partial charge in [0.1, 0.15) is 11.6 Å². The number of para-hydroxylation sites is 1. The quantitative estimate of drug-likeness (QED) is 0.443. The summed E-state index contributed by atoms with van der Waals surface area (Å²) in [6.07, 6.45) is 2.17. The van der Waals surface area contributed by atoms with Gasteiger partial charge in [-0.2, -0.15) is 0 Å². The molecule has 2 heterocycles. The van der Waals surface area contributed by atoms with Crippen molar-refractivity contribution < 1.29 is 9.13 Å². The van der Waals surface area contributed by atoms with Gasteiger partial charge in [0.15, 0.2) is 0 Å². The van der Waals surface area contributed by atoms with Crippen molar-refractivity contribution in [2.24, 2.45) is 0 Å². The van der Waals surface area contributed by atoms with Crippen molar-refractivity contribution in [1.82, 2.24) is 4.40 Å². The molecule has 0 N–H and O–H groups in total. The lowest BCUT2D eigenvalue weighted by Gasteiger charge is -1.99. The number of nitrogens with zero attached hydrogens (tertiary/aromatic N) is 1. The van der Waals surface area contributed by atoms with Gasteiger partial charge in [0.2, 0.25) is 0 Å². The third-order valence-electron chi connectivity index (χ3n) is 4.90. The third-order valence-corrected chi connectivity index (χ3v) is 4.90. The van der Waals surface area contributed by atoms with Gasteiger partial charge in [-0.05, 0) is 54.1 Å². The number of methoxy groups -OCH3 is 1. The van der Waals surface area contributed by atoms with Gasteiger partial charge in [0.05, 0.1) is 23.7 Å². The first-order valence-corrected chi connectivity index (χ1v) is 8.51. The Kier molecular flexibility index (Phi) is 3.22. The van der Waals surface area contributed by atoms with Crippen molar-refractivity contribution in [2.75, 3.05) is 7.11 Å². The Morgan fingerprint density at radius 1 is 0.846 bits per heavy atom. The molecule has 0 spiro atoms. The maximum absolute atomic E-state index is 13.8. The van der Waals surface area contributed by atoms with E-state index in [4.69, 9.17) is 4.74 Å². The Hall–Kier alpha value is -3.33. The summed E-state index contributed by atoms with van der Waals surface area (Å²) in [5.41, 5.74) is 4.16. The van der Waals surface area contributed by atoms with Crippen molar-refractivity contribution >= 4 is 33.4 Å². The summed E-state index contributed by atoms with van der Waals surface area (Å²) >= 11 is 0. The van der Waals surface area contributed by atoms with Gasteiger partial charge in [-0.3, -0.25) is 0 Å². The zero-order chi connectivity index (χ0) is 17.7. The number of fused-ring (bicyclic) bond motifs is 5. The second kappa shape index (κ2) is 5.60. The van der Waals surface area contributed by atoms with Crippen molar-refractivity contribution in [2.45, 2.75) is 0 Å². The first-order chi connectivity index (χ1) is 12.7. The Balaban J connectivity index is 1.90. The summed E-state index contributed by atoms with van der Waals surface area (Å²) in [5.74, 6) is 0.618. The van der Waals surface area contributed by atoms with Gasteiger partial charge >= 0.3 is 0 Å². The molecule has 0 aliphatic rings. The van der Waals surface area contributed by atoms with Gasteiger partial charge in [-0.1, -0.05) is 30.3 Å². The van der Waals surface area contributed by atoms with E-state index in [-0.39, 0.29) is 5.82 Å². The van der Waals surface area contributed by atoms with Crippen LogP contribution in [0.2, 0.25) is 0 Å². The molecular formula is C23H16FNO. The highest BCUT2D eigenvalue weighted by atomic mass is 19.1. The summed E-state index contributed by atoms with van der Waals surface area (Å²) in [5, 5.41) is 3.34. The zero-order valence-corrected chi connectivity index (χ0v) is 14.2. The monoisotopic (exact) mass is 341 g/mol. The van der Waals surface area contributed by atoms with E-state index in [1.165, 1.54) is 6.07 Å². The molecular weight excluding hydrogens is 325 g/mol. The number of halogens is 1. The first-order valence-electron chi connectivity index (χ1n) is 8.51. The van der Waals surface area contributed by atoms with E-state index in [0.717, 1.165) is 43.9 Å². The predicted octanol–water partition coefficient (Wildman–Crippen LogP) is 4.94. The molecule has 26 heavy (non-hydrogen) atoms. The maximum Gasteiger partial charge on any atom is 0.125 e. The number of benzene rings is 3. The highest BCUT2D eigenvalue weighted by Gasteiger charge is 2.12. The van der Waals surface area contributed by atoms with Gasteiger partial charge in [0, 0.05) is 16.0 Å². The third kappa shape index (κ3) is 2.17. The normalized spacial score (nSPS) is 12.5. The standard InChI is InChI=1S/C23H16FNO/c1-26-18-10-6-15(7-11-18)12-20-19-4-2-3-5-21(19)25-22-14-17(24)9-8-16(22)13-23(20)25/h2-14H,1H3/b20-12-. The summed E-state index contributed by atoms with van der Waals surface area (Å²) in [4.78, 5) is 0. The summed E-state index contributed by atoms with van der Waals surface area (Å²) in [7, 11) is 1.66. The lowest BCUT2D eigenvalue weighted by molar-refractivity contribution is 0.415. The van der Waals surface area contributed by atoms with Crippen molar-refractivity contribution in [1.29, 1.82) is 0 Å². The van der Waals surface area contributed by atoms with Crippen LogP contribution < -0.4 is 9.96 Å². The molecule has 3 heteroatoms. The van der Waals surface area contributed by atoms with Crippen molar-refractivity contribution in [3.63, 3.8) is 0 Å². The van der Waals surface area contributed by atoms with E-state index < -0.39 is 0 Å². The molecule has 0 bridgehead atoms. The highest BCUT2D eigenvalue weighted by Crippen LogP contribution is 2.26. The molecule has 2 nitrogen and oxygen atoms in total. The molecule has 0 fully saturated rings. The molecule has 0 atom stereocenters. The van der Waals surface area contributed by atoms with Crippen molar-refractivity contribution in [3.8, 4) is 5.75 Å². The Bertz CT molecular complexity index is 1320. The van der Waals surface area contributed by atoms with E-state index in [0.29, 0.717) is 0 Å². The number of hydrogen-bond acceptors (Lipinski definition) is 1. The van der Waals surface area contributed by atoms with E-state index >= 15 is 0 Å². The largest absolute Gasteiger partial charge is 0.497 e. The topological polar surface area (TPSA) is 13.6 Å². The first kappa shape index (κ1) is 15.0. The predicted molar refractivity (Wildman–Crippen MR) is 104 cm³/mol. The summed E-state index contributed by atoms with van der Waals surface area (Å²) < 4.78 is 21.2. The summed E-state index contributed by atoms with van der Waals surface area (Å²) in [6.45, 7) is 0. The van der Waals surface area contributed by atoms with Gasteiger partial charge in [-0.25, -0.2) is 4.39 Å². The number of hydrogen-bond donors (Lipinski definition) is 0. The van der Waals surface area contributed by atoms with Crippen LogP contribution in [0.4, 0.5) is 4.39 Å². The Morgan fingerprint density at radius 2 is 1.65 bits per heavy atom. The Morgan fingerprint density at radius 3 is 2.46 bits per heavy atom. The molecule has 0 saturated carbocycles. The molecule has 0 amide bonds. The molecule has 0 radical (unpaired) electrons. The molecule has 2 aromatic heterocycles. The summed E-state index contributed by atoms with van der Waals surface area (Å²) in [6, 6.07) is 23.3. The molecule has 126 valence electrons. The minimum atomic E-state index is -0.219. The van der Waals surface area contributed by atoms with Crippen LogP contribution in [0.1, 0.15) is 5.56 Å². The van der Waals surface area contributed by atoms with Gasteiger partial charge in [0.25, 0.3) is 0 Å². The second-order valence-corrected chi connectivity index (χ2v) is 6.42. The fraction of sp³-hybridized carbons (Fsp3) is 0.0435. The minimum absolute atomic E-state index is 0.219. The van der Waals surface area contributed by atoms with Crippen LogP contribution in [0.15, 0.2) is 72.8 Å². The fourth-order valence-electron chi connectivity index (χ4n) is 3.68. The van der Waals surface area contributed by atoms with Gasteiger partial charge in [-0.15, -0.1) is 0 Å². The van der Waals surface area contributed by atoms with E-state index in [2.05, 4.69) is 28.7 Å². The molecule has 0 unspecified atom stereocenters. The van der Waals surface area contributed by atoms with E-state index in [1.54, 1.807) is 13.2 Å². The zero-order valence-electron chi connectivity index (χ0n) is 14.2. The Labute approximate surface area is 149 Å². The van der Waals surface area contributed by atoms with Crippen LogP contribution in [-0.2, 0) is 0 Å². The van der Waals surface area contributed by atoms with Crippen LogP contribution in [-0.4, -0.2) is 11.5 Å². The van der Waals surface area contributed by atoms with Crippen LogP contribution in [0.3, 0.4) is 0 Å². The molecule has 5 aromatic rings. The second-order valence-electron chi connectivity index (χ2n) is 6.42. The molecule has 3 aromatic carbocycles. The highest BCUT2D eigenvalue weighted by molar-refractivity contribution is 5.99. The van der Waals surface area contributed by atoms with Crippen LogP contribution in [0, 0.1) is 5.82 Å². The van der Waals surface area contributed by atoms with E-state index in [9.17, 15) is 4.39 Å². The number of aromatic nitrogens is 1. The van der Waals surface area contributed by atoms with Crippen LogP contribution in [0.25, 0.3) is 33.4 Å². The average Bonchev–Trinajstić information content (AvgIpc) is 3.18. The molecule has 5 rings (SSSR count). The van der Waals surface area contributed by atoms with Crippen LogP contribution >= 0.6 is 0 Å². The van der Waals surface area contributed by atoms with Gasteiger partial charge < -0.3 is 9.14 Å². The van der Waals surface area contributed by atoms with Crippen molar-refractivity contribution in [3.05, 3.63) is 89.4 Å². The molecule has 0 saturated heterocycles. The maximum atomic E-state index is 13.8. The van der Waals surface area contributed by atoms with Crippen LogP contribution in [0.5, 0.6) is 5.75 Å². The smallest absolute Gasteiger partial charge is 0.125 e. The molecule has 0 aliphatic heterocycles. The lowest BCUT2D eigenvalue weighted by atomic mass is 10.1. The minimum Gasteiger partial charge on any atom is -0.497 e. The number of ether oxygens (including phenoxy) is 1.